The molecule has 1 N–H and O–H groups in total. The number of hydrogen-bond acceptors (Lipinski definition) is 4. The van der Waals surface area contributed by atoms with Crippen LogP contribution in [0.4, 0.5) is 5.69 Å². The van der Waals surface area contributed by atoms with E-state index in [2.05, 4.69) is 34.5 Å². The van der Waals surface area contributed by atoms with Crippen LogP contribution in [0.15, 0.2) is 48.5 Å². The van der Waals surface area contributed by atoms with Gasteiger partial charge in [-0.05, 0) is 48.7 Å². The van der Waals surface area contributed by atoms with E-state index >= 15 is 0 Å². The molecule has 2 fully saturated rings. The van der Waals surface area contributed by atoms with Crippen LogP contribution in [0.5, 0.6) is 0 Å². The van der Waals surface area contributed by atoms with Crippen LogP contribution in [0.1, 0.15) is 47.3 Å². The van der Waals surface area contributed by atoms with Gasteiger partial charge < -0.3 is 19.9 Å². The molecule has 2 saturated heterocycles. The Morgan fingerprint density at radius 3 is 2.57 bits per heavy atom. The average Bonchev–Trinajstić information content (AvgIpc) is 3.19. The molecule has 0 radical (unpaired) electrons. The third kappa shape index (κ3) is 4.82. The van der Waals surface area contributed by atoms with E-state index < -0.39 is 0 Å². The third-order valence-electron chi connectivity index (χ3n) is 5.85. The molecular weight excluding hydrogens is 378 g/mol. The normalized spacial score (nSPS) is 17.8. The molecule has 1 atom stereocenters. The van der Waals surface area contributed by atoms with E-state index in [0.29, 0.717) is 18.5 Å². The van der Waals surface area contributed by atoms with Gasteiger partial charge in [-0.2, -0.15) is 0 Å². The van der Waals surface area contributed by atoms with E-state index in [1.165, 1.54) is 5.69 Å². The number of nitrogens with zero attached hydrogens (tertiary/aromatic N) is 2. The Kier molecular flexibility index (Phi) is 6.33. The maximum absolute atomic E-state index is 12.8. The monoisotopic (exact) mass is 407 g/mol. The first-order valence-corrected chi connectivity index (χ1v) is 10.7. The van der Waals surface area contributed by atoms with Crippen LogP contribution in [0, 0.1) is 0 Å². The van der Waals surface area contributed by atoms with Gasteiger partial charge in [0.1, 0.15) is 0 Å². The van der Waals surface area contributed by atoms with Gasteiger partial charge in [-0.25, -0.2) is 0 Å². The van der Waals surface area contributed by atoms with Crippen LogP contribution >= 0.6 is 0 Å². The molecule has 0 aliphatic carbocycles. The van der Waals surface area contributed by atoms with Gasteiger partial charge in [-0.1, -0.05) is 24.3 Å². The lowest BCUT2D eigenvalue weighted by atomic mass is 10.1. The van der Waals surface area contributed by atoms with Crippen LogP contribution in [0.25, 0.3) is 0 Å². The summed E-state index contributed by atoms with van der Waals surface area (Å²) in [4.78, 5) is 28.8. The lowest BCUT2D eigenvalue weighted by Crippen LogP contribution is -2.36. The summed E-state index contributed by atoms with van der Waals surface area (Å²) in [5, 5.41) is 3.09. The van der Waals surface area contributed by atoms with Gasteiger partial charge in [0.05, 0.1) is 19.3 Å². The number of benzene rings is 2. The highest BCUT2D eigenvalue weighted by atomic mass is 16.5. The highest BCUT2D eigenvalue weighted by Gasteiger charge is 2.20. The lowest BCUT2D eigenvalue weighted by molar-refractivity contribution is -0.128. The number of anilines is 1. The van der Waals surface area contributed by atoms with E-state index in [0.717, 1.165) is 50.4 Å². The first kappa shape index (κ1) is 20.4. The Labute approximate surface area is 177 Å². The highest BCUT2D eigenvalue weighted by Crippen LogP contribution is 2.21. The van der Waals surface area contributed by atoms with Crippen LogP contribution < -0.4 is 10.2 Å². The van der Waals surface area contributed by atoms with Gasteiger partial charge in [0.15, 0.2) is 0 Å². The van der Waals surface area contributed by atoms with Crippen molar-refractivity contribution in [2.75, 3.05) is 37.7 Å². The minimum absolute atomic E-state index is 0.0972. The van der Waals surface area contributed by atoms with E-state index in [-0.39, 0.29) is 17.9 Å². The van der Waals surface area contributed by atoms with Crippen LogP contribution in [-0.2, 0) is 16.1 Å². The van der Waals surface area contributed by atoms with Crippen molar-refractivity contribution in [2.24, 2.45) is 0 Å². The number of carbonyl (C=O) groups excluding carboxylic acids is 2. The summed E-state index contributed by atoms with van der Waals surface area (Å²) in [5.74, 6) is 0.0911. The molecule has 0 saturated carbocycles. The minimum Gasteiger partial charge on any atom is -0.378 e. The minimum atomic E-state index is -0.102. The molecule has 2 aromatic rings. The van der Waals surface area contributed by atoms with Crippen molar-refractivity contribution < 1.29 is 14.3 Å². The van der Waals surface area contributed by atoms with Crippen molar-refractivity contribution in [3.05, 3.63) is 65.2 Å². The fourth-order valence-corrected chi connectivity index (χ4v) is 4.06. The molecule has 2 heterocycles. The Bertz CT molecular complexity index is 891. The largest absolute Gasteiger partial charge is 0.378 e. The maximum Gasteiger partial charge on any atom is 0.251 e. The molecule has 6 heteroatoms. The summed E-state index contributed by atoms with van der Waals surface area (Å²) >= 11 is 0. The van der Waals surface area contributed by atoms with Gasteiger partial charge in [-0.15, -0.1) is 0 Å². The van der Waals surface area contributed by atoms with Crippen LogP contribution in [-0.4, -0.2) is 49.6 Å². The number of rotatable bonds is 6. The molecule has 2 aliphatic heterocycles. The molecule has 0 spiro atoms. The predicted molar refractivity (Wildman–Crippen MR) is 116 cm³/mol. The zero-order valence-corrected chi connectivity index (χ0v) is 17.5. The number of morpholine rings is 1. The summed E-state index contributed by atoms with van der Waals surface area (Å²) < 4.78 is 5.41. The Balaban J connectivity index is 1.37. The molecule has 0 bridgehead atoms. The van der Waals surface area contributed by atoms with Crippen LogP contribution in [0.3, 0.4) is 0 Å². The van der Waals surface area contributed by atoms with E-state index in [9.17, 15) is 9.59 Å². The molecule has 1 unspecified atom stereocenters. The van der Waals surface area contributed by atoms with Crippen LogP contribution in [0.2, 0.25) is 0 Å². The molecule has 0 aromatic heterocycles. The zero-order valence-electron chi connectivity index (χ0n) is 17.5. The smallest absolute Gasteiger partial charge is 0.251 e. The fraction of sp³-hybridized carbons (Fsp3) is 0.417. The van der Waals surface area contributed by atoms with Crippen molar-refractivity contribution in [3.8, 4) is 0 Å². The van der Waals surface area contributed by atoms with Gasteiger partial charge in [0, 0.05) is 43.9 Å². The Hall–Kier alpha value is -2.86. The molecule has 158 valence electrons. The second kappa shape index (κ2) is 9.30. The van der Waals surface area contributed by atoms with Gasteiger partial charge in [0.2, 0.25) is 5.91 Å². The molecule has 2 aliphatic rings. The van der Waals surface area contributed by atoms with Gasteiger partial charge >= 0.3 is 0 Å². The number of carbonyl (C=O) groups is 2. The number of likely N-dealkylation sites (tertiary alicyclic amines) is 1. The third-order valence-corrected chi connectivity index (χ3v) is 5.85. The molecule has 2 aromatic carbocycles. The summed E-state index contributed by atoms with van der Waals surface area (Å²) in [5.41, 5.74) is 3.86. The average molecular weight is 408 g/mol. The first-order chi connectivity index (χ1) is 14.6. The van der Waals surface area contributed by atoms with E-state index in [1.807, 2.05) is 36.1 Å². The SMILES string of the molecule is CC(NC(=O)c1cccc(CN2CCCC2=O)c1)c1ccc(N2CCOCC2)cc1. The number of ether oxygens (including phenoxy) is 1. The fourth-order valence-electron chi connectivity index (χ4n) is 4.06. The van der Waals surface area contributed by atoms with E-state index in [1.54, 1.807) is 0 Å². The summed E-state index contributed by atoms with van der Waals surface area (Å²) in [7, 11) is 0. The Morgan fingerprint density at radius 1 is 1.10 bits per heavy atom. The van der Waals surface area contributed by atoms with Crippen molar-refractivity contribution in [2.45, 2.75) is 32.4 Å². The topological polar surface area (TPSA) is 61.9 Å². The molecule has 6 nitrogen and oxygen atoms in total. The summed E-state index contributed by atoms with van der Waals surface area (Å²) in [6, 6.07) is 15.8. The molecule has 4 rings (SSSR count). The van der Waals surface area contributed by atoms with Crippen molar-refractivity contribution in [1.29, 1.82) is 0 Å². The summed E-state index contributed by atoms with van der Waals surface area (Å²) in [6.07, 6.45) is 1.54. The first-order valence-electron chi connectivity index (χ1n) is 10.7. The van der Waals surface area contributed by atoms with Crippen molar-refractivity contribution in [3.63, 3.8) is 0 Å². The van der Waals surface area contributed by atoms with E-state index in [4.69, 9.17) is 4.74 Å². The van der Waals surface area contributed by atoms with Crippen molar-refractivity contribution in [1.82, 2.24) is 10.2 Å². The van der Waals surface area contributed by atoms with Crippen molar-refractivity contribution >= 4 is 17.5 Å². The molecular formula is C24H29N3O3. The maximum atomic E-state index is 12.8. The highest BCUT2D eigenvalue weighted by molar-refractivity contribution is 5.94. The lowest BCUT2D eigenvalue weighted by Gasteiger charge is -2.29. The quantitative estimate of drug-likeness (QED) is 0.799. The second-order valence-corrected chi connectivity index (χ2v) is 8.01. The second-order valence-electron chi connectivity index (χ2n) is 8.01. The predicted octanol–water partition coefficient (Wildman–Crippen LogP) is 3.14. The molecule has 2 amide bonds. The standard InChI is InChI=1S/C24H29N3O3/c1-18(20-7-9-22(10-8-20)26-12-14-30-15-13-26)25-24(29)21-5-2-4-19(16-21)17-27-11-3-6-23(27)28/h2,4-5,7-10,16,18H,3,6,11-15,17H2,1H3,(H,25,29). The van der Waals surface area contributed by atoms with Gasteiger partial charge in [0.25, 0.3) is 5.91 Å². The number of nitrogens with one attached hydrogen (secondary N) is 1. The summed E-state index contributed by atoms with van der Waals surface area (Å²) in [6.45, 7) is 6.70. The molecule has 30 heavy (non-hydrogen) atoms. The Morgan fingerprint density at radius 2 is 1.87 bits per heavy atom. The number of hydrogen-bond donors (Lipinski definition) is 1. The number of amides is 2. The van der Waals surface area contributed by atoms with Gasteiger partial charge in [-0.3, -0.25) is 9.59 Å². The zero-order chi connectivity index (χ0) is 20.9.